The molecule has 0 spiro atoms. The lowest BCUT2D eigenvalue weighted by Crippen LogP contribution is -2.32. The highest BCUT2D eigenvalue weighted by atomic mass is 16.6. The molecule has 0 aliphatic rings. The Morgan fingerprint density at radius 1 is 1.41 bits per heavy atom. The third-order valence-corrected chi connectivity index (χ3v) is 2.23. The van der Waals surface area contributed by atoms with Crippen LogP contribution in [0.5, 0.6) is 0 Å². The molecule has 0 aliphatic carbocycles. The monoisotopic (exact) mass is 238 g/mol. The molecule has 92 valence electrons. The molecule has 0 aliphatic heterocycles. The van der Waals surface area contributed by atoms with Crippen molar-refractivity contribution in [2.24, 2.45) is 5.73 Å². The van der Waals surface area contributed by atoms with Crippen LogP contribution in [0.4, 0.5) is 17.1 Å². The summed E-state index contributed by atoms with van der Waals surface area (Å²) < 4.78 is 0. The second kappa shape index (κ2) is 5.15. The number of amides is 1. The van der Waals surface area contributed by atoms with Gasteiger partial charge in [0.2, 0.25) is 5.91 Å². The fourth-order valence-corrected chi connectivity index (χ4v) is 1.27. The number of rotatable bonds is 5. The van der Waals surface area contributed by atoms with Gasteiger partial charge in [-0.25, -0.2) is 0 Å². The first-order valence-electron chi connectivity index (χ1n) is 4.97. The molecular weight excluding hydrogens is 224 g/mol. The Hall–Kier alpha value is -2.31. The molecule has 0 heterocycles. The standard InChI is InChI=1S/C10H14N4O3/c1-6(10(11)15)13-8-3-7(12-2)4-9(5-8)14(16)17/h3-6,12-13H,1-2H3,(H2,11,15). The van der Waals surface area contributed by atoms with Crippen LogP contribution < -0.4 is 16.4 Å². The number of carbonyl (C=O) groups is 1. The van der Waals surface area contributed by atoms with Crippen molar-refractivity contribution < 1.29 is 9.72 Å². The number of non-ortho nitro benzene ring substituents is 1. The lowest BCUT2D eigenvalue weighted by Gasteiger charge is -2.12. The van der Waals surface area contributed by atoms with E-state index in [9.17, 15) is 14.9 Å². The summed E-state index contributed by atoms with van der Waals surface area (Å²) in [5.41, 5.74) is 6.09. The third-order valence-electron chi connectivity index (χ3n) is 2.23. The average molecular weight is 238 g/mol. The first kappa shape index (κ1) is 12.8. The number of hydrogen-bond acceptors (Lipinski definition) is 5. The molecular formula is C10H14N4O3. The summed E-state index contributed by atoms with van der Waals surface area (Å²) in [6.45, 7) is 1.58. The van der Waals surface area contributed by atoms with Crippen LogP contribution in [0.15, 0.2) is 18.2 Å². The number of anilines is 2. The Bertz CT molecular complexity index is 447. The zero-order chi connectivity index (χ0) is 13.0. The SMILES string of the molecule is CNc1cc(NC(C)C(N)=O)cc([N+](=O)[O-])c1. The molecule has 1 unspecified atom stereocenters. The maximum absolute atomic E-state index is 10.9. The Balaban J connectivity index is 3.02. The Morgan fingerprint density at radius 3 is 2.47 bits per heavy atom. The second-order valence-corrected chi connectivity index (χ2v) is 3.54. The number of primary amides is 1. The normalized spacial score (nSPS) is 11.6. The number of nitro benzene ring substituents is 1. The van der Waals surface area contributed by atoms with Gasteiger partial charge in [0.25, 0.3) is 5.69 Å². The first-order chi connectivity index (χ1) is 7.93. The van der Waals surface area contributed by atoms with Crippen LogP contribution in [-0.2, 0) is 4.79 Å². The van der Waals surface area contributed by atoms with E-state index in [1.165, 1.54) is 12.1 Å². The van der Waals surface area contributed by atoms with Crippen molar-refractivity contribution in [2.45, 2.75) is 13.0 Å². The molecule has 1 amide bonds. The Morgan fingerprint density at radius 2 is 2.00 bits per heavy atom. The quantitative estimate of drug-likeness (QED) is 0.522. The van der Waals surface area contributed by atoms with E-state index in [4.69, 9.17) is 5.73 Å². The van der Waals surface area contributed by atoms with Gasteiger partial charge < -0.3 is 16.4 Å². The van der Waals surface area contributed by atoms with Gasteiger partial charge >= 0.3 is 0 Å². The molecule has 17 heavy (non-hydrogen) atoms. The number of nitrogens with zero attached hydrogens (tertiary/aromatic N) is 1. The smallest absolute Gasteiger partial charge is 0.273 e. The van der Waals surface area contributed by atoms with Crippen molar-refractivity contribution in [3.8, 4) is 0 Å². The summed E-state index contributed by atoms with van der Waals surface area (Å²) in [7, 11) is 1.65. The van der Waals surface area contributed by atoms with E-state index in [0.717, 1.165) is 0 Å². The number of nitrogens with one attached hydrogen (secondary N) is 2. The van der Waals surface area contributed by atoms with E-state index in [1.54, 1.807) is 20.0 Å². The van der Waals surface area contributed by atoms with Gasteiger partial charge in [-0.2, -0.15) is 0 Å². The van der Waals surface area contributed by atoms with Gasteiger partial charge in [0, 0.05) is 30.6 Å². The van der Waals surface area contributed by atoms with Gasteiger partial charge in [-0.15, -0.1) is 0 Å². The minimum Gasteiger partial charge on any atom is -0.388 e. The van der Waals surface area contributed by atoms with E-state index in [1.807, 2.05) is 0 Å². The summed E-state index contributed by atoms with van der Waals surface area (Å²) >= 11 is 0. The molecule has 7 heteroatoms. The molecule has 0 bridgehead atoms. The van der Waals surface area contributed by atoms with Crippen molar-refractivity contribution in [3.05, 3.63) is 28.3 Å². The van der Waals surface area contributed by atoms with Gasteiger partial charge in [-0.05, 0) is 13.0 Å². The maximum Gasteiger partial charge on any atom is 0.273 e. The summed E-state index contributed by atoms with van der Waals surface area (Å²) in [5, 5.41) is 16.3. The predicted molar refractivity (Wildman–Crippen MR) is 64.9 cm³/mol. The largest absolute Gasteiger partial charge is 0.388 e. The number of benzene rings is 1. The fraction of sp³-hybridized carbons (Fsp3) is 0.300. The maximum atomic E-state index is 10.9. The average Bonchev–Trinajstić information content (AvgIpc) is 2.28. The van der Waals surface area contributed by atoms with Crippen LogP contribution in [0, 0.1) is 10.1 Å². The lowest BCUT2D eigenvalue weighted by atomic mass is 10.2. The second-order valence-electron chi connectivity index (χ2n) is 3.54. The van der Waals surface area contributed by atoms with Gasteiger partial charge in [-0.3, -0.25) is 14.9 Å². The van der Waals surface area contributed by atoms with Crippen LogP contribution in [0.1, 0.15) is 6.92 Å². The van der Waals surface area contributed by atoms with Crippen molar-refractivity contribution in [3.63, 3.8) is 0 Å². The zero-order valence-corrected chi connectivity index (χ0v) is 9.56. The van der Waals surface area contributed by atoms with E-state index in [2.05, 4.69) is 10.6 Å². The molecule has 0 radical (unpaired) electrons. The number of nitrogens with two attached hydrogens (primary N) is 1. The Kier molecular flexibility index (Phi) is 3.86. The molecule has 1 atom stereocenters. The van der Waals surface area contributed by atoms with Crippen LogP contribution in [0.25, 0.3) is 0 Å². The molecule has 1 aromatic carbocycles. The molecule has 0 fully saturated rings. The van der Waals surface area contributed by atoms with Crippen molar-refractivity contribution in [2.75, 3.05) is 17.7 Å². The predicted octanol–water partition coefficient (Wildman–Crippen LogP) is 0.922. The highest BCUT2D eigenvalue weighted by Gasteiger charge is 2.13. The van der Waals surface area contributed by atoms with E-state index < -0.39 is 16.9 Å². The number of hydrogen-bond donors (Lipinski definition) is 3. The topological polar surface area (TPSA) is 110 Å². The highest BCUT2D eigenvalue weighted by Crippen LogP contribution is 2.24. The Labute approximate surface area is 98.1 Å². The van der Waals surface area contributed by atoms with Gasteiger partial charge in [0.1, 0.15) is 6.04 Å². The van der Waals surface area contributed by atoms with E-state index in [0.29, 0.717) is 11.4 Å². The van der Waals surface area contributed by atoms with Gasteiger partial charge in [0.15, 0.2) is 0 Å². The molecule has 0 saturated heterocycles. The molecule has 7 nitrogen and oxygen atoms in total. The lowest BCUT2D eigenvalue weighted by molar-refractivity contribution is -0.384. The molecule has 1 rings (SSSR count). The van der Waals surface area contributed by atoms with Gasteiger partial charge in [0.05, 0.1) is 4.92 Å². The van der Waals surface area contributed by atoms with Crippen molar-refractivity contribution >= 4 is 23.0 Å². The van der Waals surface area contributed by atoms with Crippen LogP contribution in [0.2, 0.25) is 0 Å². The molecule has 4 N–H and O–H groups in total. The summed E-state index contributed by atoms with van der Waals surface area (Å²) in [5.74, 6) is -0.525. The third kappa shape index (κ3) is 3.33. The van der Waals surface area contributed by atoms with Crippen molar-refractivity contribution in [1.29, 1.82) is 0 Å². The molecule has 0 saturated carbocycles. The van der Waals surface area contributed by atoms with Gasteiger partial charge in [-0.1, -0.05) is 0 Å². The highest BCUT2D eigenvalue weighted by molar-refractivity contribution is 5.83. The molecule has 1 aromatic rings. The number of carbonyl (C=O) groups excluding carboxylic acids is 1. The first-order valence-corrected chi connectivity index (χ1v) is 4.97. The summed E-state index contributed by atoms with van der Waals surface area (Å²) in [6, 6.07) is 3.81. The molecule has 0 aromatic heterocycles. The van der Waals surface area contributed by atoms with Crippen LogP contribution in [-0.4, -0.2) is 23.9 Å². The van der Waals surface area contributed by atoms with Crippen molar-refractivity contribution in [1.82, 2.24) is 0 Å². The minimum absolute atomic E-state index is 0.0592. The summed E-state index contributed by atoms with van der Waals surface area (Å²) in [6.07, 6.45) is 0. The number of nitro groups is 1. The van der Waals surface area contributed by atoms with E-state index >= 15 is 0 Å². The summed E-state index contributed by atoms with van der Waals surface area (Å²) in [4.78, 5) is 21.1. The zero-order valence-electron chi connectivity index (χ0n) is 9.56. The minimum atomic E-state index is -0.596. The fourth-order valence-electron chi connectivity index (χ4n) is 1.27. The van der Waals surface area contributed by atoms with Crippen LogP contribution in [0.3, 0.4) is 0 Å². The van der Waals surface area contributed by atoms with Crippen LogP contribution >= 0.6 is 0 Å². The van der Waals surface area contributed by atoms with E-state index in [-0.39, 0.29) is 5.69 Å².